The lowest BCUT2D eigenvalue weighted by Gasteiger charge is -2.28. The van der Waals surface area contributed by atoms with Crippen LogP contribution in [-0.4, -0.2) is 36.6 Å². The summed E-state index contributed by atoms with van der Waals surface area (Å²) < 4.78 is 11.9. The first-order valence-corrected chi connectivity index (χ1v) is 13.0. The van der Waals surface area contributed by atoms with Gasteiger partial charge in [0, 0.05) is 5.69 Å². The highest BCUT2D eigenvalue weighted by Gasteiger charge is 2.34. The highest BCUT2D eigenvalue weighted by Crippen LogP contribution is 2.35. The Labute approximate surface area is 239 Å². The van der Waals surface area contributed by atoms with Gasteiger partial charge in [-0.3, -0.25) is 24.6 Å². The van der Waals surface area contributed by atoms with Gasteiger partial charge in [-0.15, -0.1) is 0 Å². The van der Waals surface area contributed by atoms with Crippen LogP contribution in [0.15, 0.2) is 66.2 Å². The molecular formula is C28H24IN3O5S. The molecule has 0 aliphatic carbocycles. The predicted octanol–water partition coefficient (Wildman–Crippen LogP) is 4.77. The number of hydrogen-bond donors (Lipinski definition) is 2. The van der Waals surface area contributed by atoms with Gasteiger partial charge in [0.1, 0.15) is 5.57 Å². The number of ether oxygens (including phenoxy) is 2. The summed E-state index contributed by atoms with van der Waals surface area (Å²) in [4.78, 5) is 39.6. The second-order valence-electron chi connectivity index (χ2n) is 8.46. The monoisotopic (exact) mass is 641 g/mol. The van der Waals surface area contributed by atoms with E-state index in [4.69, 9.17) is 21.7 Å². The predicted molar refractivity (Wildman–Crippen MR) is 158 cm³/mol. The molecule has 0 radical (unpaired) electrons. The Balaban J connectivity index is 1.54. The summed E-state index contributed by atoms with van der Waals surface area (Å²) >= 11 is 7.29. The number of halogens is 1. The summed E-state index contributed by atoms with van der Waals surface area (Å²) in [5.74, 6) is -0.732. The van der Waals surface area contributed by atoms with E-state index in [0.29, 0.717) is 32.0 Å². The Kier molecular flexibility index (Phi) is 8.42. The highest BCUT2D eigenvalue weighted by atomic mass is 127. The Bertz CT molecular complexity index is 1470. The van der Waals surface area contributed by atoms with Gasteiger partial charge in [0.15, 0.2) is 23.2 Å². The minimum Gasteiger partial charge on any atom is -0.493 e. The molecule has 0 bridgehead atoms. The van der Waals surface area contributed by atoms with E-state index in [-0.39, 0.29) is 23.2 Å². The van der Waals surface area contributed by atoms with Crippen molar-refractivity contribution in [2.75, 3.05) is 23.9 Å². The largest absolute Gasteiger partial charge is 0.493 e. The number of methoxy groups -OCH3 is 1. The topological polar surface area (TPSA) is 97.0 Å². The normalized spacial score (nSPS) is 14.4. The van der Waals surface area contributed by atoms with Gasteiger partial charge in [-0.1, -0.05) is 24.3 Å². The SMILES string of the molecule is COc1cc(/C=C2/C(=O)NC(=S)N(c3ccccc3)C2=O)cc(I)c1OCC(=O)Nc1ccc(C)c(C)c1. The number of amides is 3. The van der Waals surface area contributed by atoms with Gasteiger partial charge in [0.05, 0.1) is 16.4 Å². The van der Waals surface area contributed by atoms with E-state index in [2.05, 4.69) is 33.2 Å². The molecular weight excluding hydrogens is 617 g/mol. The number of carbonyl (C=O) groups excluding carboxylic acids is 3. The molecule has 3 aromatic carbocycles. The maximum Gasteiger partial charge on any atom is 0.270 e. The molecule has 1 fully saturated rings. The Morgan fingerprint density at radius 1 is 1.08 bits per heavy atom. The van der Waals surface area contributed by atoms with E-state index < -0.39 is 11.8 Å². The van der Waals surface area contributed by atoms with Gasteiger partial charge in [-0.25, -0.2) is 0 Å². The zero-order valence-corrected chi connectivity index (χ0v) is 23.8. The fraction of sp³-hybridized carbons (Fsp3) is 0.143. The molecule has 1 heterocycles. The molecule has 1 aliphatic heterocycles. The van der Waals surface area contributed by atoms with E-state index >= 15 is 0 Å². The first-order chi connectivity index (χ1) is 18.2. The van der Waals surface area contributed by atoms with E-state index in [9.17, 15) is 14.4 Å². The lowest BCUT2D eigenvalue weighted by molar-refractivity contribution is -0.122. The number of aryl methyl sites for hydroxylation is 2. The molecule has 2 N–H and O–H groups in total. The lowest BCUT2D eigenvalue weighted by atomic mass is 10.1. The van der Waals surface area contributed by atoms with Crippen LogP contribution in [0.2, 0.25) is 0 Å². The van der Waals surface area contributed by atoms with Crippen LogP contribution in [0.4, 0.5) is 11.4 Å². The van der Waals surface area contributed by atoms with Crippen LogP contribution in [0.5, 0.6) is 11.5 Å². The second-order valence-corrected chi connectivity index (χ2v) is 10.0. The summed E-state index contributed by atoms with van der Waals surface area (Å²) in [5.41, 5.74) is 3.90. The van der Waals surface area contributed by atoms with Crippen LogP contribution in [-0.2, 0) is 14.4 Å². The molecule has 8 nitrogen and oxygen atoms in total. The van der Waals surface area contributed by atoms with Crippen LogP contribution in [0, 0.1) is 17.4 Å². The van der Waals surface area contributed by atoms with Crippen LogP contribution in [0.1, 0.15) is 16.7 Å². The number of nitrogens with zero attached hydrogens (tertiary/aromatic N) is 1. The van der Waals surface area contributed by atoms with Crippen molar-refractivity contribution >= 4 is 75.1 Å². The standard InChI is InChI=1S/C28H24IN3O5S/c1-16-9-10-19(11-17(16)2)30-24(33)15-37-25-22(29)13-18(14-23(25)36-3)12-21-26(34)31-28(38)32(27(21)35)20-7-5-4-6-8-20/h4-14H,15H2,1-3H3,(H,30,33)(H,31,34,38)/b21-12-. The van der Waals surface area contributed by atoms with Gasteiger partial charge >= 0.3 is 0 Å². The van der Waals surface area contributed by atoms with Crippen molar-refractivity contribution in [2.45, 2.75) is 13.8 Å². The molecule has 4 rings (SSSR count). The first-order valence-electron chi connectivity index (χ1n) is 11.5. The molecule has 0 unspecified atom stereocenters. The summed E-state index contributed by atoms with van der Waals surface area (Å²) in [6.07, 6.45) is 1.47. The lowest BCUT2D eigenvalue weighted by Crippen LogP contribution is -2.54. The van der Waals surface area contributed by atoms with Crippen LogP contribution in [0.25, 0.3) is 6.08 Å². The quantitative estimate of drug-likeness (QED) is 0.167. The number of nitrogens with one attached hydrogen (secondary N) is 2. The van der Waals surface area contributed by atoms with E-state index in [0.717, 1.165) is 11.1 Å². The van der Waals surface area contributed by atoms with E-state index in [1.54, 1.807) is 36.4 Å². The minimum absolute atomic E-state index is 0.0123. The maximum atomic E-state index is 13.2. The number of hydrogen-bond acceptors (Lipinski definition) is 6. The molecule has 3 amide bonds. The zero-order valence-electron chi connectivity index (χ0n) is 20.8. The number of carbonyl (C=O) groups is 3. The van der Waals surface area contributed by atoms with Crippen molar-refractivity contribution in [3.63, 3.8) is 0 Å². The Morgan fingerprint density at radius 2 is 1.82 bits per heavy atom. The molecule has 194 valence electrons. The molecule has 0 atom stereocenters. The van der Waals surface area contributed by atoms with E-state index in [1.165, 1.54) is 18.1 Å². The first kappa shape index (κ1) is 27.3. The summed E-state index contributed by atoms with van der Waals surface area (Å²) in [7, 11) is 1.47. The van der Waals surface area contributed by atoms with Gasteiger partial charge in [-0.2, -0.15) is 0 Å². The molecule has 1 saturated heterocycles. The third-order valence-corrected chi connectivity index (χ3v) is 6.90. The average Bonchev–Trinajstić information content (AvgIpc) is 2.88. The maximum absolute atomic E-state index is 13.2. The Hall–Kier alpha value is -3.77. The average molecular weight is 641 g/mol. The number of para-hydroxylation sites is 1. The molecule has 0 saturated carbocycles. The molecule has 38 heavy (non-hydrogen) atoms. The highest BCUT2D eigenvalue weighted by molar-refractivity contribution is 14.1. The third-order valence-electron chi connectivity index (χ3n) is 5.82. The van der Waals surface area contributed by atoms with Gasteiger partial charge in [-0.05, 0) is 108 Å². The molecule has 1 aliphatic rings. The fourth-order valence-corrected chi connectivity index (χ4v) is 4.81. The Morgan fingerprint density at radius 3 is 2.50 bits per heavy atom. The number of rotatable bonds is 7. The molecule has 3 aromatic rings. The van der Waals surface area contributed by atoms with Gasteiger partial charge < -0.3 is 14.8 Å². The number of benzene rings is 3. The summed E-state index contributed by atoms with van der Waals surface area (Å²) in [5, 5.41) is 5.40. The molecule has 10 heteroatoms. The smallest absolute Gasteiger partial charge is 0.270 e. The second kappa shape index (κ2) is 11.7. The van der Waals surface area contributed by atoms with Crippen molar-refractivity contribution in [1.82, 2.24) is 5.32 Å². The van der Waals surface area contributed by atoms with Crippen molar-refractivity contribution in [1.29, 1.82) is 0 Å². The third kappa shape index (κ3) is 6.03. The van der Waals surface area contributed by atoms with Crippen molar-refractivity contribution in [2.24, 2.45) is 0 Å². The van der Waals surface area contributed by atoms with Crippen LogP contribution < -0.4 is 25.0 Å². The van der Waals surface area contributed by atoms with Crippen molar-refractivity contribution < 1.29 is 23.9 Å². The fourth-order valence-electron chi connectivity index (χ4n) is 3.75. The summed E-state index contributed by atoms with van der Waals surface area (Å²) in [6.45, 7) is 3.75. The van der Waals surface area contributed by atoms with Gasteiger partial charge in [0.2, 0.25) is 0 Å². The number of anilines is 2. The van der Waals surface area contributed by atoms with Crippen molar-refractivity contribution in [3.05, 3.63) is 86.5 Å². The number of thiocarbonyl (C=S) groups is 1. The van der Waals surface area contributed by atoms with Crippen LogP contribution in [0.3, 0.4) is 0 Å². The van der Waals surface area contributed by atoms with Crippen LogP contribution >= 0.6 is 34.8 Å². The molecule has 0 aromatic heterocycles. The minimum atomic E-state index is -0.593. The summed E-state index contributed by atoms with van der Waals surface area (Å²) in [6, 6.07) is 17.9. The van der Waals surface area contributed by atoms with Gasteiger partial charge in [0.25, 0.3) is 17.7 Å². The zero-order chi connectivity index (χ0) is 27.4. The van der Waals surface area contributed by atoms with E-state index in [1.807, 2.05) is 38.1 Å². The van der Waals surface area contributed by atoms with Crippen molar-refractivity contribution in [3.8, 4) is 11.5 Å². The molecule has 0 spiro atoms.